The Balaban J connectivity index is 1.72. The molecule has 0 unspecified atom stereocenters. The smallest absolute Gasteiger partial charge is 0.232 e. The third-order valence-electron chi connectivity index (χ3n) is 4.16. The summed E-state index contributed by atoms with van der Waals surface area (Å²) in [6.07, 6.45) is 3.70. The molecular weight excluding hydrogens is 324 g/mol. The van der Waals surface area contributed by atoms with E-state index in [2.05, 4.69) is 19.8 Å². The van der Waals surface area contributed by atoms with Crippen LogP contribution in [0.1, 0.15) is 26.2 Å². The lowest BCUT2D eigenvalue weighted by molar-refractivity contribution is 0.571. The molecule has 2 heterocycles. The maximum atomic E-state index is 11.6. The normalized spacial score (nSPS) is 15.3. The zero-order valence-electron chi connectivity index (χ0n) is 13.8. The second kappa shape index (κ2) is 7.17. The van der Waals surface area contributed by atoms with E-state index in [4.69, 9.17) is 0 Å². The molecule has 0 amide bonds. The lowest BCUT2D eigenvalue weighted by atomic mass is 10.1. The summed E-state index contributed by atoms with van der Waals surface area (Å²) in [6, 6.07) is 11.1. The molecule has 2 aromatic rings. The minimum absolute atomic E-state index is 0.0538. The maximum absolute atomic E-state index is 11.6. The van der Waals surface area contributed by atoms with Crippen molar-refractivity contribution in [2.45, 2.75) is 26.2 Å². The first-order valence-corrected chi connectivity index (χ1v) is 9.92. The summed E-state index contributed by atoms with van der Waals surface area (Å²) in [5.74, 6) is 0.976. The highest BCUT2D eigenvalue weighted by Crippen LogP contribution is 2.22. The third-order valence-corrected chi connectivity index (χ3v) is 5.47. The fourth-order valence-corrected chi connectivity index (χ4v) is 3.37. The Morgan fingerprint density at radius 1 is 1.00 bits per heavy atom. The minimum Gasteiger partial charge on any atom is -0.355 e. The number of sulfonamides is 1. The van der Waals surface area contributed by atoms with Gasteiger partial charge in [0.2, 0.25) is 10.0 Å². The Morgan fingerprint density at radius 3 is 2.29 bits per heavy atom. The van der Waals surface area contributed by atoms with Crippen molar-refractivity contribution >= 4 is 21.5 Å². The van der Waals surface area contributed by atoms with Gasteiger partial charge >= 0.3 is 0 Å². The summed E-state index contributed by atoms with van der Waals surface area (Å²) in [4.78, 5) is 2.27. The van der Waals surface area contributed by atoms with Gasteiger partial charge in [-0.25, -0.2) is 8.42 Å². The third kappa shape index (κ3) is 4.03. The molecule has 24 heavy (non-hydrogen) atoms. The van der Waals surface area contributed by atoms with Gasteiger partial charge in [-0.15, -0.1) is 10.2 Å². The molecule has 0 spiro atoms. The molecule has 1 fully saturated rings. The van der Waals surface area contributed by atoms with Gasteiger partial charge in [-0.05, 0) is 50.5 Å². The molecule has 1 N–H and O–H groups in total. The van der Waals surface area contributed by atoms with Crippen LogP contribution >= 0.6 is 0 Å². The SMILES string of the molecule is CCS(=O)(=O)Nc1ccc(-c2ccc(N3CCCCC3)nn2)cc1. The maximum Gasteiger partial charge on any atom is 0.232 e. The Morgan fingerprint density at radius 2 is 1.71 bits per heavy atom. The van der Waals surface area contributed by atoms with Crippen molar-refractivity contribution in [2.75, 3.05) is 28.5 Å². The van der Waals surface area contributed by atoms with Crippen LogP contribution < -0.4 is 9.62 Å². The topological polar surface area (TPSA) is 75.2 Å². The van der Waals surface area contributed by atoms with Crippen molar-refractivity contribution in [1.29, 1.82) is 0 Å². The number of nitrogens with one attached hydrogen (secondary N) is 1. The van der Waals surface area contributed by atoms with Crippen molar-refractivity contribution < 1.29 is 8.42 Å². The lowest BCUT2D eigenvalue weighted by Crippen LogP contribution is -2.30. The van der Waals surface area contributed by atoms with Crippen LogP contribution in [-0.2, 0) is 10.0 Å². The predicted molar refractivity (Wildman–Crippen MR) is 96.6 cm³/mol. The Labute approximate surface area is 143 Å². The van der Waals surface area contributed by atoms with Crippen LogP contribution in [0.5, 0.6) is 0 Å². The number of benzene rings is 1. The molecule has 6 nitrogen and oxygen atoms in total. The number of aromatic nitrogens is 2. The van der Waals surface area contributed by atoms with Crippen molar-refractivity contribution in [1.82, 2.24) is 10.2 Å². The van der Waals surface area contributed by atoms with Crippen LogP contribution in [0.4, 0.5) is 11.5 Å². The van der Waals surface area contributed by atoms with Gasteiger partial charge < -0.3 is 4.90 Å². The molecule has 128 valence electrons. The summed E-state index contributed by atoms with van der Waals surface area (Å²) in [5, 5.41) is 8.65. The predicted octanol–water partition coefficient (Wildman–Crippen LogP) is 2.90. The van der Waals surface area contributed by atoms with Crippen molar-refractivity contribution in [3.8, 4) is 11.3 Å². The van der Waals surface area contributed by atoms with E-state index >= 15 is 0 Å². The zero-order chi connectivity index (χ0) is 17.0. The molecule has 3 rings (SSSR count). The molecule has 0 bridgehead atoms. The second-order valence-electron chi connectivity index (χ2n) is 5.91. The average Bonchev–Trinajstić information content (AvgIpc) is 2.63. The molecule has 7 heteroatoms. The Hall–Kier alpha value is -2.15. The van der Waals surface area contributed by atoms with Gasteiger partial charge in [0.1, 0.15) is 0 Å². The van der Waals surface area contributed by atoms with Gasteiger partial charge in [0.25, 0.3) is 0 Å². The average molecular weight is 346 g/mol. The highest BCUT2D eigenvalue weighted by atomic mass is 32.2. The van der Waals surface area contributed by atoms with E-state index in [0.717, 1.165) is 30.2 Å². The minimum atomic E-state index is -3.25. The Kier molecular flexibility index (Phi) is 4.99. The van der Waals surface area contributed by atoms with E-state index in [-0.39, 0.29) is 5.75 Å². The van der Waals surface area contributed by atoms with Gasteiger partial charge in [-0.2, -0.15) is 0 Å². The molecule has 0 radical (unpaired) electrons. The lowest BCUT2D eigenvalue weighted by Gasteiger charge is -2.27. The molecule has 0 saturated carbocycles. The number of piperidine rings is 1. The molecule has 1 saturated heterocycles. The summed E-state index contributed by atoms with van der Waals surface area (Å²) in [5.41, 5.74) is 2.24. The summed E-state index contributed by atoms with van der Waals surface area (Å²) in [7, 11) is -3.25. The van der Waals surface area contributed by atoms with Gasteiger partial charge in [0.05, 0.1) is 11.4 Å². The fourth-order valence-electron chi connectivity index (χ4n) is 2.73. The molecule has 1 aromatic heterocycles. The van der Waals surface area contributed by atoms with E-state index in [1.807, 2.05) is 24.3 Å². The van der Waals surface area contributed by atoms with Gasteiger partial charge in [-0.1, -0.05) is 12.1 Å². The molecule has 1 aromatic carbocycles. The van der Waals surface area contributed by atoms with Crippen LogP contribution in [0.15, 0.2) is 36.4 Å². The number of rotatable bonds is 5. The number of anilines is 2. The molecule has 0 aliphatic carbocycles. The van der Waals surface area contributed by atoms with Crippen LogP contribution in [0.3, 0.4) is 0 Å². The number of hydrogen-bond donors (Lipinski definition) is 1. The molecule has 0 atom stereocenters. The van der Waals surface area contributed by atoms with E-state index in [1.165, 1.54) is 19.3 Å². The first kappa shape index (κ1) is 16.7. The summed E-state index contributed by atoms with van der Waals surface area (Å²) in [6.45, 7) is 3.69. The number of hydrogen-bond acceptors (Lipinski definition) is 5. The van der Waals surface area contributed by atoms with Gasteiger partial charge in [0.15, 0.2) is 5.82 Å². The monoisotopic (exact) mass is 346 g/mol. The largest absolute Gasteiger partial charge is 0.355 e. The standard InChI is InChI=1S/C17H22N4O2S/c1-2-24(22,23)20-15-8-6-14(7-9-15)16-10-11-17(19-18-16)21-12-4-3-5-13-21/h6-11,20H,2-5,12-13H2,1H3. The van der Waals surface area contributed by atoms with E-state index < -0.39 is 10.0 Å². The highest BCUT2D eigenvalue weighted by molar-refractivity contribution is 7.92. The Bertz CT molecular complexity index is 767. The quantitative estimate of drug-likeness (QED) is 0.901. The molecule has 1 aliphatic heterocycles. The first-order chi connectivity index (χ1) is 11.6. The van der Waals surface area contributed by atoms with Crippen LogP contribution in [-0.4, -0.2) is 37.5 Å². The summed E-state index contributed by atoms with van der Waals surface area (Å²) < 4.78 is 25.7. The first-order valence-electron chi connectivity index (χ1n) is 8.27. The van der Waals surface area contributed by atoms with Crippen LogP contribution in [0.25, 0.3) is 11.3 Å². The van der Waals surface area contributed by atoms with E-state index in [9.17, 15) is 8.42 Å². The van der Waals surface area contributed by atoms with E-state index in [1.54, 1.807) is 19.1 Å². The zero-order valence-corrected chi connectivity index (χ0v) is 14.6. The van der Waals surface area contributed by atoms with Crippen LogP contribution in [0, 0.1) is 0 Å². The van der Waals surface area contributed by atoms with Gasteiger partial charge in [-0.3, -0.25) is 4.72 Å². The second-order valence-corrected chi connectivity index (χ2v) is 7.92. The van der Waals surface area contributed by atoms with Crippen molar-refractivity contribution in [3.05, 3.63) is 36.4 Å². The molecule has 1 aliphatic rings. The highest BCUT2D eigenvalue weighted by Gasteiger charge is 2.13. The van der Waals surface area contributed by atoms with Crippen LogP contribution in [0.2, 0.25) is 0 Å². The van der Waals surface area contributed by atoms with Crippen molar-refractivity contribution in [3.63, 3.8) is 0 Å². The molecular formula is C17H22N4O2S. The number of nitrogens with zero attached hydrogens (tertiary/aromatic N) is 3. The fraction of sp³-hybridized carbons (Fsp3) is 0.412. The van der Waals surface area contributed by atoms with E-state index in [0.29, 0.717) is 5.69 Å². The summed E-state index contributed by atoms with van der Waals surface area (Å²) >= 11 is 0. The van der Waals surface area contributed by atoms with Gasteiger partial charge in [0, 0.05) is 24.3 Å². The van der Waals surface area contributed by atoms with Crippen molar-refractivity contribution in [2.24, 2.45) is 0 Å².